The number of aryl methyl sites for hydroxylation is 1. The fourth-order valence-electron chi connectivity index (χ4n) is 5.16. The van der Waals surface area contributed by atoms with E-state index in [9.17, 15) is 10.1 Å². The van der Waals surface area contributed by atoms with Crippen molar-refractivity contribution in [2.75, 3.05) is 24.7 Å². The number of rotatable bonds is 10. The molecule has 2 aromatic carbocycles. The van der Waals surface area contributed by atoms with Crippen molar-refractivity contribution in [3.8, 4) is 28.6 Å². The molecule has 0 radical (unpaired) electrons. The second-order valence-corrected chi connectivity index (χ2v) is 10.3. The maximum absolute atomic E-state index is 13.7. The Balaban J connectivity index is 1.34. The first kappa shape index (κ1) is 25.9. The summed E-state index contributed by atoms with van der Waals surface area (Å²) in [6, 6.07) is 18.0. The monoisotopic (exact) mass is 533 g/mol. The van der Waals surface area contributed by atoms with Gasteiger partial charge in [0.25, 0.3) is 5.91 Å². The van der Waals surface area contributed by atoms with Gasteiger partial charge in [-0.05, 0) is 72.4 Å². The van der Waals surface area contributed by atoms with Crippen LogP contribution >= 0.6 is 0 Å². The van der Waals surface area contributed by atoms with Gasteiger partial charge in [0.2, 0.25) is 0 Å². The molecule has 1 amide bonds. The summed E-state index contributed by atoms with van der Waals surface area (Å²) >= 11 is 0. The van der Waals surface area contributed by atoms with Crippen LogP contribution < -0.4 is 10.2 Å². The zero-order valence-corrected chi connectivity index (χ0v) is 22.7. The lowest BCUT2D eigenvalue weighted by Gasteiger charge is -2.18. The number of hydrogen-bond acceptors (Lipinski definition) is 7. The van der Waals surface area contributed by atoms with Gasteiger partial charge in [-0.25, -0.2) is 4.98 Å². The molecule has 1 aliphatic heterocycles. The summed E-state index contributed by atoms with van der Waals surface area (Å²) in [6.07, 6.45) is 3.83. The van der Waals surface area contributed by atoms with E-state index in [-0.39, 0.29) is 5.91 Å². The number of anilines is 1. The standard InChI is InChI=1S/C31H31N7O2/c1-3-40-11-10-33-17-21-4-6-23-18-38(31(39)26(23)13-21)29-15-24(14-28(35-29)22-7-8-22)25-9-5-20(16-32)12-27(25)30-36-34-19-37(30)2/h4-6,9,12-15,19,22,33H,3,7-8,10-11,17-18H2,1-2H3. The molecule has 1 fully saturated rings. The summed E-state index contributed by atoms with van der Waals surface area (Å²) in [5, 5.41) is 21.3. The molecule has 1 N–H and O–H groups in total. The van der Waals surface area contributed by atoms with Gasteiger partial charge in [0.15, 0.2) is 5.82 Å². The maximum Gasteiger partial charge on any atom is 0.260 e. The average molecular weight is 534 g/mol. The third-order valence-electron chi connectivity index (χ3n) is 7.45. The van der Waals surface area contributed by atoms with Gasteiger partial charge in [-0.1, -0.05) is 18.2 Å². The molecule has 0 unspecified atom stereocenters. The summed E-state index contributed by atoms with van der Waals surface area (Å²) in [4.78, 5) is 20.4. The number of aromatic nitrogens is 4. The summed E-state index contributed by atoms with van der Waals surface area (Å²) < 4.78 is 7.23. The summed E-state index contributed by atoms with van der Waals surface area (Å²) in [7, 11) is 1.88. The zero-order valence-electron chi connectivity index (χ0n) is 22.7. The van der Waals surface area contributed by atoms with Crippen LogP contribution in [0.4, 0.5) is 5.82 Å². The molecule has 6 rings (SSSR count). The van der Waals surface area contributed by atoms with Gasteiger partial charge in [-0.15, -0.1) is 10.2 Å². The first-order valence-corrected chi connectivity index (χ1v) is 13.7. The fraction of sp³-hybridized carbons (Fsp3) is 0.323. The number of fused-ring (bicyclic) bond motifs is 1. The van der Waals surface area contributed by atoms with E-state index in [1.54, 1.807) is 11.2 Å². The van der Waals surface area contributed by atoms with E-state index in [0.717, 1.165) is 58.5 Å². The van der Waals surface area contributed by atoms with Crippen molar-refractivity contribution in [1.29, 1.82) is 5.26 Å². The molecule has 0 atom stereocenters. The first-order chi connectivity index (χ1) is 19.6. The number of nitrogens with zero attached hydrogens (tertiary/aromatic N) is 6. The molecule has 9 heteroatoms. The topological polar surface area (TPSA) is 109 Å². The van der Waals surface area contributed by atoms with Gasteiger partial charge in [0, 0.05) is 49.5 Å². The number of nitrogens with one attached hydrogen (secondary N) is 1. The predicted octanol–water partition coefficient (Wildman–Crippen LogP) is 4.58. The molecule has 4 aromatic rings. The van der Waals surface area contributed by atoms with Crippen molar-refractivity contribution in [2.45, 2.75) is 38.8 Å². The van der Waals surface area contributed by atoms with Crippen molar-refractivity contribution < 1.29 is 9.53 Å². The zero-order chi connectivity index (χ0) is 27.6. The average Bonchev–Trinajstić information content (AvgIpc) is 3.67. The van der Waals surface area contributed by atoms with Crippen LogP contribution in [0.3, 0.4) is 0 Å². The van der Waals surface area contributed by atoms with Crippen molar-refractivity contribution >= 4 is 11.7 Å². The molecule has 1 saturated carbocycles. The highest BCUT2D eigenvalue weighted by molar-refractivity contribution is 6.10. The van der Waals surface area contributed by atoms with Gasteiger partial charge in [-0.2, -0.15) is 5.26 Å². The van der Waals surface area contributed by atoms with Crippen LogP contribution in [0, 0.1) is 11.3 Å². The lowest BCUT2D eigenvalue weighted by molar-refractivity contribution is 0.0995. The number of ether oxygens (including phenoxy) is 1. The lowest BCUT2D eigenvalue weighted by Crippen LogP contribution is -2.24. The highest BCUT2D eigenvalue weighted by atomic mass is 16.5. The number of carbonyl (C=O) groups excluding carboxylic acids is 1. The van der Waals surface area contributed by atoms with Gasteiger partial charge in [-0.3, -0.25) is 9.69 Å². The van der Waals surface area contributed by atoms with Gasteiger partial charge in [0.1, 0.15) is 12.1 Å². The Bertz CT molecular complexity index is 1620. The van der Waals surface area contributed by atoms with E-state index in [2.05, 4.69) is 33.7 Å². The minimum absolute atomic E-state index is 0.0362. The predicted molar refractivity (Wildman–Crippen MR) is 152 cm³/mol. The van der Waals surface area contributed by atoms with Crippen molar-refractivity contribution in [2.24, 2.45) is 7.05 Å². The summed E-state index contributed by atoms with van der Waals surface area (Å²) in [5.74, 6) is 1.67. The van der Waals surface area contributed by atoms with Gasteiger partial charge in [0.05, 0.1) is 24.8 Å². The highest BCUT2D eigenvalue weighted by Gasteiger charge is 2.32. The Hall–Kier alpha value is -4.39. The smallest absolute Gasteiger partial charge is 0.260 e. The summed E-state index contributed by atoms with van der Waals surface area (Å²) in [6.45, 7) is 5.27. The molecule has 2 aromatic heterocycles. The number of nitriles is 1. The van der Waals surface area contributed by atoms with E-state index in [1.807, 2.05) is 54.9 Å². The van der Waals surface area contributed by atoms with E-state index >= 15 is 0 Å². The van der Waals surface area contributed by atoms with Gasteiger partial charge < -0.3 is 14.6 Å². The number of hydrogen-bond donors (Lipinski definition) is 1. The van der Waals surface area contributed by atoms with Crippen molar-refractivity contribution in [3.05, 3.63) is 82.8 Å². The molecule has 40 heavy (non-hydrogen) atoms. The van der Waals surface area contributed by atoms with Crippen LogP contribution in [0.5, 0.6) is 0 Å². The molecule has 0 saturated heterocycles. The third kappa shape index (κ3) is 5.11. The molecule has 2 aliphatic rings. The van der Waals surface area contributed by atoms with E-state index < -0.39 is 0 Å². The quantitative estimate of drug-likeness (QED) is 0.297. The Morgan fingerprint density at radius 1 is 1.10 bits per heavy atom. The molecule has 9 nitrogen and oxygen atoms in total. The van der Waals surface area contributed by atoms with Crippen LogP contribution in [-0.4, -0.2) is 45.4 Å². The van der Waals surface area contributed by atoms with Gasteiger partial charge >= 0.3 is 0 Å². The molecule has 0 bridgehead atoms. The highest BCUT2D eigenvalue weighted by Crippen LogP contribution is 2.43. The Labute approximate surface area is 233 Å². The molecule has 3 heterocycles. The number of carbonyl (C=O) groups is 1. The minimum atomic E-state index is -0.0362. The van der Waals surface area contributed by atoms with Crippen LogP contribution in [-0.2, 0) is 24.9 Å². The van der Waals surface area contributed by atoms with Crippen LogP contribution in [0.25, 0.3) is 22.5 Å². The van der Waals surface area contributed by atoms with Crippen LogP contribution in [0.15, 0.2) is 54.9 Å². The SMILES string of the molecule is CCOCCNCc1ccc2c(c1)C(=O)N(c1cc(-c3ccc(C#N)cc3-c3nncn3C)cc(C3CC3)n1)C2. The second-order valence-electron chi connectivity index (χ2n) is 10.3. The number of benzene rings is 2. The van der Waals surface area contributed by atoms with E-state index in [1.165, 1.54) is 0 Å². The summed E-state index contributed by atoms with van der Waals surface area (Å²) in [5.41, 5.74) is 7.01. The van der Waals surface area contributed by atoms with E-state index in [4.69, 9.17) is 9.72 Å². The Morgan fingerprint density at radius 3 is 2.73 bits per heavy atom. The second kappa shape index (κ2) is 11.0. The minimum Gasteiger partial charge on any atom is -0.380 e. The van der Waals surface area contributed by atoms with Crippen molar-refractivity contribution in [3.63, 3.8) is 0 Å². The molecule has 0 spiro atoms. The Morgan fingerprint density at radius 2 is 1.98 bits per heavy atom. The molecular formula is C31H31N7O2. The van der Waals surface area contributed by atoms with Crippen LogP contribution in [0.1, 0.15) is 58.4 Å². The van der Waals surface area contributed by atoms with Crippen LogP contribution in [0.2, 0.25) is 0 Å². The molecule has 202 valence electrons. The largest absolute Gasteiger partial charge is 0.380 e. The Kier molecular flexibility index (Phi) is 7.11. The van der Waals surface area contributed by atoms with E-state index in [0.29, 0.717) is 49.4 Å². The third-order valence-corrected chi connectivity index (χ3v) is 7.45. The number of pyridine rings is 1. The molecule has 1 aliphatic carbocycles. The lowest BCUT2D eigenvalue weighted by atomic mass is 9.96. The normalized spacial score (nSPS) is 14.4. The number of amides is 1. The first-order valence-electron chi connectivity index (χ1n) is 13.7. The maximum atomic E-state index is 13.7. The molecular weight excluding hydrogens is 502 g/mol. The van der Waals surface area contributed by atoms with Crippen molar-refractivity contribution in [1.82, 2.24) is 25.1 Å². The fourth-order valence-corrected chi connectivity index (χ4v) is 5.16.